The van der Waals surface area contributed by atoms with Gasteiger partial charge in [-0.1, -0.05) is 26.8 Å². The van der Waals surface area contributed by atoms with Crippen molar-refractivity contribution in [3.05, 3.63) is 66.6 Å². The number of H-pyrrole nitrogens is 2. The quantitative estimate of drug-likeness (QED) is 0.236. The molecule has 10 heteroatoms. The Labute approximate surface area is 202 Å². The maximum absolute atomic E-state index is 12.6. The van der Waals surface area contributed by atoms with E-state index in [1.807, 2.05) is 61.8 Å². The van der Waals surface area contributed by atoms with Gasteiger partial charge in [0.2, 0.25) is 0 Å². The van der Waals surface area contributed by atoms with Crippen LogP contribution in [0.15, 0.2) is 60.9 Å². The smallest absolute Gasteiger partial charge is 0.324 e. The molecule has 5 N–H and O–H groups in total. The van der Waals surface area contributed by atoms with Crippen LogP contribution in [0.1, 0.15) is 26.5 Å². The van der Waals surface area contributed by atoms with E-state index in [2.05, 4.69) is 62.2 Å². The molecule has 35 heavy (non-hydrogen) atoms. The topological polar surface area (TPSA) is 128 Å². The molecule has 0 atom stereocenters. The molecule has 0 fully saturated rings. The van der Waals surface area contributed by atoms with E-state index in [0.717, 1.165) is 39.2 Å². The largest absolute Gasteiger partial charge is 0.355 e. The number of rotatable bonds is 5. The van der Waals surface area contributed by atoms with Crippen LogP contribution in [0, 0.1) is 0 Å². The van der Waals surface area contributed by atoms with Crippen LogP contribution in [0.3, 0.4) is 0 Å². The fourth-order valence-electron chi connectivity index (χ4n) is 3.77. The predicted octanol–water partition coefficient (Wildman–Crippen LogP) is 5.37. The normalized spacial score (nSPS) is 11.5. The van der Waals surface area contributed by atoms with Gasteiger partial charge in [0, 0.05) is 52.7 Å². The summed E-state index contributed by atoms with van der Waals surface area (Å²) in [5.41, 5.74) is 5.89. The van der Waals surface area contributed by atoms with Gasteiger partial charge >= 0.3 is 6.03 Å². The number of hydrogen-bond donors (Lipinski definition) is 5. The number of carbonyl (C=O) groups excluding carboxylic acids is 1. The summed E-state index contributed by atoms with van der Waals surface area (Å²) < 4.78 is 1.67. The Kier molecular flexibility index (Phi) is 5.48. The van der Waals surface area contributed by atoms with Gasteiger partial charge in [-0.25, -0.2) is 4.79 Å². The van der Waals surface area contributed by atoms with E-state index in [4.69, 9.17) is 0 Å². The number of amides is 2. The Bertz CT molecular complexity index is 1490. The van der Waals surface area contributed by atoms with Gasteiger partial charge in [0.15, 0.2) is 0 Å². The average molecular weight is 470 g/mol. The van der Waals surface area contributed by atoms with E-state index in [1.165, 1.54) is 0 Å². The van der Waals surface area contributed by atoms with E-state index in [9.17, 15) is 4.79 Å². The summed E-state index contributed by atoms with van der Waals surface area (Å²) in [5, 5.41) is 28.9. The summed E-state index contributed by atoms with van der Waals surface area (Å²) in [7, 11) is 1.81. The van der Waals surface area contributed by atoms with E-state index in [0.29, 0.717) is 11.5 Å². The number of benzene rings is 2. The zero-order valence-corrected chi connectivity index (χ0v) is 20.0. The molecule has 5 aromatic rings. The van der Waals surface area contributed by atoms with Gasteiger partial charge in [0.25, 0.3) is 0 Å². The predicted molar refractivity (Wildman–Crippen MR) is 138 cm³/mol. The first-order valence-corrected chi connectivity index (χ1v) is 11.2. The van der Waals surface area contributed by atoms with E-state index in [1.54, 1.807) is 10.9 Å². The Balaban J connectivity index is 1.27. The van der Waals surface area contributed by atoms with Gasteiger partial charge in [-0.3, -0.25) is 20.2 Å². The van der Waals surface area contributed by atoms with Crippen molar-refractivity contribution in [1.29, 1.82) is 0 Å². The molecule has 0 saturated heterocycles. The van der Waals surface area contributed by atoms with Crippen molar-refractivity contribution in [3.63, 3.8) is 0 Å². The first-order valence-electron chi connectivity index (χ1n) is 11.2. The lowest BCUT2D eigenvalue weighted by Crippen LogP contribution is -2.21. The number of nitrogens with one attached hydrogen (secondary N) is 5. The van der Waals surface area contributed by atoms with Crippen molar-refractivity contribution in [3.8, 4) is 11.3 Å². The second kappa shape index (κ2) is 8.64. The van der Waals surface area contributed by atoms with Gasteiger partial charge in [0.1, 0.15) is 11.5 Å². The second-order valence-corrected chi connectivity index (χ2v) is 9.39. The minimum absolute atomic E-state index is 0.103. The van der Waals surface area contributed by atoms with Crippen LogP contribution < -0.4 is 16.0 Å². The SMILES string of the molecule is Cn1nc(C(C)(C)C)cc1NC(=O)Nc1cccc(Nc2ccc3c(-c4cn[nH]c4)n[nH]c3c2)c1. The number of carbonyl (C=O) groups is 1. The molecule has 178 valence electrons. The summed E-state index contributed by atoms with van der Waals surface area (Å²) in [4.78, 5) is 12.6. The molecule has 3 heterocycles. The highest BCUT2D eigenvalue weighted by Gasteiger charge is 2.19. The van der Waals surface area contributed by atoms with Crippen molar-refractivity contribution in [2.24, 2.45) is 7.05 Å². The lowest BCUT2D eigenvalue weighted by Gasteiger charge is -2.13. The third kappa shape index (κ3) is 4.72. The third-order valence-electron chi connectivity index (χ3n) is 5.63. The highest BCUT2D eigenvalue weighted by atomic mass is 16.2. The number of nitrogens with zero attached hydrogens (tertiary/aromatic N) is 4. The maximum atomic E-state index is 12.6. The van der Waals surface area contributed by atoms with Crippen LogP contribution in [0.25, 0.3) is 22.2 Å². The molecule has 0 bridgehead atoms. The number of aromatic amines is 2. The van der Waals surface area contributed by atoms with Crippen LogP contribution >= 0.6 is 0 Å². The van der Waals surface area contributed by atoms with Crippen LogP contribution in [0.5, 0.6) is 0 Å². The monoisotopic (exact) mass is 469 g/mol. The Morgan fingerprint density at radius 2 is 1.80 bits per heavy atom. The lowest BCUT2D eigenvalue weighted by atomic mass is 9.92. The Morgan fingerprint density at radius 1 is 1.00 bits per heavy atom. The number of aromatic nitrogens is 6. The van der Waals surface area contributed by atoms with E-state index in [-0.39, 0.29) is 11.4 Å². The standard InChI is InChI=1S/C25H27N9O/c1-25(2,3)21-12-22(34(4)33-21)30-24(35)29-17-7-5-6-16(10-17)28-18-8-9-19-20(11-18)31-32-23(19)15-13-26-27-14-15/h5-14,28H,1-4H3,(H,26,27)(H,31,32)(H2,29,30,35). The van der Waals surface area contributed by atoms with Crippen molar-refractivity contribution in [1.82, 2.24) is 30.2 Å². The highest BCUT2D eigenvalue weighted by molar-refractivity contribution is 5.99. The zero-order chi connectivity index (χ0) is 24.6. The molecule has 2 aromatic carbocycles. The van der Waals surface area contributed by atoms with Gasteiger partial charge < -0.3 is 10.6 Å². The molecule has 0 aliphatic heterocycles. The van der Waals surface area contributed by atoms with Gasteiger partial charge in [0.05, 0.1) is 17.4 Å². The number of hydrogen-bond acceptors (Lipinski definition) is 5. The summed E-state index contributed by atoms with van der Waals surface area (Å²) in [6.07, 6.45) is 3.56. The first kappa shape index (κ1) is 22.2. The van der Waals surface area contributed by atoms with Crippen molar-refractivity contribution < 1.29 is 4.79 Å². The molecular weight excluding hydrogens is 442 g/mol. The van der Waals surface area contributed by atoms with Gasteiger partial charge in [-0.2, -0.15) is 15.3 Å². The van der Waals surface area contributed by atoms with Gasteiger partial charge in [-0.05, 0) is 36.4 Å². The molecule has 0 aliphatic carbocycles. The van der Waals surface area contributed by atoms with Crippen LogP contribution in [-0.2, 0) is 12.5 Å². The third-order valence-corrected chi connectivity index (χ3v) is 5.63. The summed E-state index contributed by atoms with van der Waals surface area (Å²) >= 11 is 0. The number of urea groups is 1. The summed E-state index contributed by atoms with van der Waals surface area (Å²) in [5.74, 6) is 0.629. The number of aryl methyl sites for hydroxylation is 1. The van der Waals surface area contributed by atoms with Crippen LogP contribution in [0.2, 0.25) is 0 Å². The molecule has 2 amide bonds. The van der Waals surface area contributed by atoms with Crippen molar-refractivity contribution in [2.45, 2.75) is 26.2 Å². The molecule has 5 rings (SSSR count). The van der Waals surface area contributed by atoms with Crippen LogP contribution in [0.4, 0.5) is 27.7 Å². The molecule has 10 nitrogen and oxygen atoms in total. The maximum Gasteiger partial charge on any atom is 0.324 e. The molecule has 0 saturated carbocycles. The molecule has 0 unspecified atom stereocenters. The minimum atomic E-state index is -0.337. The molecule has 0 aliphatic rings. The summed E-state index contributed by atoms with van der Waals surface area (Å²) in [6.45, 7) is 6.25. The van der Waals surface area contributed by atoms with E-state index < -0.39 is 0 Å². The molecule has 0 spiro atoms. The fraction of sp³-hybridized carbons (Fsp3) is 0.200. The molecule has 0 radical (unpaired) electrons. The minimum Gasteiger partial charge on any atom is -0.355 e. The molecule has 3 aromatic heterocycles. The highest BCUT2D eigenvalue weighted by Crippen LogP contribution is 2.29. The second-order valence-electron chi connectivity index (χ2n) is 9.39. The van der Waals surface area contributed by atoms with Crippen molar-refractivity contribution >= 4 is 39.8 Å². The average Bonchev–Trinajstić information content (AvgIpc) is 3.54. The number of fused-ring (bicyclic) bond motifs is 1. The number of anilines is 4. The summed E-state index contributed by atoms with van der Waals surface area (Å²) in [6, 6.07) is 15.1. The Hall–Kier alpha value is -4.60. The van der Waals surface area contributed by atoms with E-state index >= 15 is 0 Å². The van der Waals surface area contributed by atoms with Crippen molar-refractivity contribution in [2.75, 3.05) is 16.0 Å². The van der Waals surface area contributed by atoms with Crippen LogP contribution in [-0.4, -0.2) is 36.2 Å². The molecular formula is C25H27N9O. The fourth-order valence-corrected chi connectivity index (χ4v) is 3.77. The Morgan fingerprint density at radius 3 is 2.54 bits per heavy atom. The van der Waals surface area contributed by atoms with Gasteiger partial charge in [-0.15, -0.1) is 0 Å². The zero-order valence-electron chi connectivity index (χ0n) is 20.0. The lowest BCUT2D eigenvalue weighted by molar-refractivity contribution is 0.262. The first-order chi connectivity index (χ1) is 16.8.